The number of benzene rings is 1. The molecule has 1 saturated carbocycles. The molecule has 0 unspecified atom stereocenters. The fourth-order valence-electron chi connectivity index (χ4n) is 2.67. The van der Waals surface area contributed by atoms with Crippen LogP contribution in [0.25, 0.3) is 0 Å². The summed E-state index contributed by atoms with van der Waals surface area (Å²) < 4.78 is 0. The molecular formula is C14H18N2O4. The van der Waals surface area contributed by atoms with Gasteiger partial charge in [0.25, 0.3) is 5.69 Å². The van der Waals surface area contributed by atoms with Gasteiger partial charge >= 0.3 is 5.97 Å². The van der Waals surface area contributed by atoms with Gasteiger partial charge in [-0.05, 0) is 31.2 Å². The van der Waals surface area contributed by atoms with Gasteiger partial charge in [0.1, 0.15) is 5.56 Å². The van der Waals surface area contributed by atoms with E-state index in [1.165, 1.54) is 18.6 Å². The summed E-state index contributed by atoms with van der Waals surface area (Å²) in [5, 5.41) is 23.5. The molecule has 0 saturated heterocycles. The van der Waals surface area contributed by atoms with E-state index in [0.717, 1.165) is 19.3 Å². The number of carboxylic acid groups (broad SMARTS) is 1. The minimum absolute atomic E-state index is 0.0698. The van der Waals surface area contributed by atoms with E-state index in [0.29, 0.717) is 12.1 Å². The molecule has 0 aliphatic heterocycles. The van der Waals surface area contributed by atoms with Gasteiger partial charge in [-0.2, -0.15) is 0 Å². The van der Waals surface area contributed by atoms with Crippen molar-refractivity contribution in [3.63, 3.8) is 0 Å². The summed E-state index contributed by atoms with van der Waals surface area (Å²) in [6.07, 6.45) is 4.29. The van der Waals surface area contributed by atoms with E-state index in [1.54, 1.807) is 6.07 Å². The average molecular weight is 278 g/mol. The van der Waals surface area contributed by atoms with Crippen LogP contribution in [0.3, 0.4) is 0 Å². The molecule has 0 atom stereocenters. The summed E-state index contributed by atoms with van der Waals surface area (Å²) in [5.41, 5.74) is -0.0293. The smallest absolute Gasteiger partial charge is 0.343 e. The second kappa shape index (κ2) is 5.58. The Balaban J connectivity index is 2.25. The number of hydrogen-bond acceptors (Lipinski definition) is 4. The van der Waals surface area contributed by atoms with Gasteiger partial charge in [0.15, 0.2) is 0 Å². The molecule has 108 valence electrons. The minimum Gasteiger partial charge on any atom is -0.477 e. The van der Waals surface area contributed by atoms with Gasteiger partial charge in [-0.3, -0.25) is 10.1 Å². The lowest BCUT2D eigenvalue weighted by Gasteiger charge is -2.42. The number of carbonyl (C=O) groups is 1. The standard InChI is InChI=1S/C14H18N2O4/c1-2-14(7-4-8-14)15-9-10-5-3-6-11(16(19)20)12(10)13(17)18/h3,5-6,15H,2,4,7-9H2,1H3,(H,17,18). The van der Waals surface area contributed by atoms with Gasteiger partial charge in [-0.1, -0.05) is 19.1 Å². The molecule has 0 bridgehead atoms. The summed E-state index contributed by atoms with van der Waals surface area (Å²) >= 11 is 0. The summed E-state index contributed by atoms with van der Waals surface area (Å²) in [6.45, 7) is 2.44. The SMILES string of the molecule is CCC1(NCc2cccc([N+](=O)[O-])c2C(=O)O)CCC1. The summed E-state index contributed by atoms with van der Waals surface area (Å²) in [6, 6.07) is 4.39. The molecule has 2 rings (SSSR count). The monoisotopic (exact) mass is 278 g/mol. The third-order valence-corrected chi connectivity index (χ3v) is 4.18. The third kappa shape index (κ3) is 2.65. The molecule has 0 radical (unpaired) electrons. The van der Waals surface area contributed by atoms with Crippen molar-refractivity contribution in [1.82, 2.24) is 5.32 Å². The number of hydrogen-bond donors (Lipinski definition) is 2. The Morgan fingerprint density at radius 2 is 2.20 bits per heavy atom. The molecule has 2 N–H and O–H groups in total. The quantitative estimate of drug-likeness (QED) is 0.616. The Morgan fingerprint density at radius 3 is 2.65 bits per heavy atom. The molecule has 0 spiro atoms. The van der Waals surface area contributed by atoms with Crippen molar-refractivity contribution in [2.45, 2.75) is 44.7 Å². The number of nitrogens with zero attached hydrogens (tertiary/aromatic N) is 1. The second-order valence-corrected chi connectivity index (χ2v) is 5.21. The van der Waals surface area contributed by atoms with Crippen LogP contribution in [0.15, 0.2) is 18.2 Å². The van der Waals surface area contributed by atoms with E-state index < -0.39 is 10.9 Å². The number of rotatable bonds is 6. The van der Waals surface area contributed by atoms with Gasteiger partial charge in [0.05, 0.1) is 4.92 Å². The summed E-state index contributed by atoms with van der Waals surface area (Å²) in [4.78, 5) is 21.6. The van der Waals surface area contributed by atoms with Crippen LogP contribution in [0.5, 0.6) is 0 Å². The van der Waals surface area contributed by atoms with Crippen LogP contribution in [0, 0.1) is 10.1 Å². The highest BCUT2D eigenvalue weighted by Gasteiger charge is 2.35. The zero-order valence-electron chi connectivity index (χ0n) is 11.4. The number of aromatic carboxylic acids is 1. The summed E-state index contributed by atoms with van der Waals surface area (Å²) in [5.74, 6) is -1.26. The zero-order chi connectivity index (χ0) is 14.8. The molecular weight excluding hydrogens is 260 g/mol. The van der Waals surface area contributed by atoms with Crippen molar-refractivity contribution in [2.24, 2.45) is 0 Å². The molecule has 1 fully saturated rings. The van der Waals surface area contributed by atoms with Gasteiger partial charge in [0, 0.05) is 18.2 Å². The maximum Gasteiger partial charge on any atom is 0.343 e. The van der Waals surface area contributed by atoms with Crippen molar-refractivity contribution in [3.8, 4) is 0 Å². The van der Waals surface area contributed by atoms with Crippen molar-refractivity contribution in [2.75, 3.05) is 0 Å². The van der Waals surface area contributed by atoms with E-state index in [2.05, 4.69) is 12.2 Å². The molecule has 0 amide bonds. The second-order valence-electron chi connectivity index (χ2n) is 5.21. The topological polar surface area (TPSA) is 92.5 Å². The maximum absolute atomic E-state index is 11.3. The molecule has 1 aromatic rings. The fourth-order valence-corrected chi connectivity index (χ4v) is 2.67. The Bertz CT molecular complexity index is 532. The molecule has 6 nitrogen and oxygen atoms in total. The van der Waals surface area contributed by atoms with Crippen molar-refractivity contribution >= 4 is 11.7 Å². The highest BCUT2D eigenvalue weighted by molar-refractivity contribution is 5.94. The first-order chi connectivity index (χ1) is 9.49. The lowest BCUT2D eigenvalue weighted by atomic mass is 9.74. The first-order valence-electron chi connectivity index (χ1n) is 6.74. The first-order valence-corrected chi connectivity index (χ1v) is 6.74. The van der Waals surface area contributed by atoms with Gasteiger partial charge in [-0.15, -0.1) is 0 Å². The Hall–Kier alpha value is -1.95. The highest BCUT2D eigenvalue weighted by atomic mass is 16.6. The molecule has 0 heterocycles. The average Bonchev–Trinajstić information content (AvgIpc) is 2.37. The predicted molar refractivity (Wildman–Crippen MR) is 73.8 cm³/mol. The molecule has 20 heavy (non-hydrogen) atoms. The van der Waals surface area contributed by atoms with Crippen LogP contribution in [0.2, 0.25) is 0 Å². The van der Waals surface area contributed by atoms with Crippen LogP contribution >= 0.6 is 0 Å². The van der Waals surface area contributed by atoms with E-state index in [4.69, 9.17) is 0 Å². The normalized spacial score (nSPS) is 16.4. The minimum atomic E-state index is -1.26. The Labute approximate surface area is 117 Å². The molecule has 1 aliphatic carbocycles. The number of nitro benzene ring substituents is 1. The largest absolute Gasteiger partial charge is 0.477 e. The Kier molecular flexibility index (Phi) is 4.04. The van der Waals surface area contributed by atoms with E-state index in [9.17, 15) is 20.0 Å². The lowest BCUT2D eigenvalue weighted by molar-refractivity contribution is -0.385. The first kappa shape index (κ1) is 14.5. The van der Waals surface area contributed by atoms with E-state index in [-0.39, 0.29) is 16.8 Å². The molecule has 1 aliphatic rings. The zero-order valence-corrected chi connectivity index (χ0v) is 11.4. The number of nitro groups is 1. The van der Waals surface area contributed by atoms with Crippen LogP contribution in [0.4, 0.5) is 5.69 Å². The van der Waals surface area contributed by atoms with Gasteiger partial charge in [0.2, 0.25) is 0 Å². The molecule has 0 aromatic heterocycles. The van der Waals surface area contributed by atoms with Crippen molar-refractivity contribution < 1.29 is 14.8 Å². The van der Waals surface area contributed by atoms with Gasteiger partial charge in [-0.25, -0.2) is 4.79 Å². The van der Waals surface area contributed by atoms with Crippen LogP contribution in [0.1, 0.15) is 48.5 Å². The van der Waals surface area contributed by atoms with Crippen LogP contribution in [-0.2, 0) is 6.54 Å². The predicted octanol–water partition coefficient (Wildman–Crippen LogP) is 2.72. The molecule has 1 aromatic carbocycles. The van der Waals surface area contributed by atoms with Crippen LogP contribution < -0.4 is 5.32 Å². The number of carboxylic acids is 1. The van der Waals surface area contributed by atoms with E-state index >= 15 is 0 Å². The van der Waals surface area contributed by atoms with Crippen molar-refractivity contribution in [3.05, 3.63) is 39.4 Å². The van der Waals surface area contributed by atoms with Crippen molar-refractivity contribution in [1.29, 1.82) is 0 Å². The Morgan fingerprint density at radius 1 is 1.50 bits per heavy atom. The van der Waals surface area contributed by atoms with Gasteiger partial charge < -0.3 is 10.4 Å². The lowest BCUT2D eigenvalue weighted by Crippen LogP contribution is -2.50. The number of nitrogens with one attached hydrogen (secondary N) is 1. The third-order valence-electron chi connectivity index (χ3n) is 4.18. The van der Waals surface area contributed by atoms with Crippen LogP contribution in [-0.4, -0.2) is 21.5 Å². The van der Waals surface area contributed by atoms with E-state index in [1.807, 2.05) is 0 Å². The highest BCUT2D eigenvalue weighted by Crippen LogP contribution is 2.35. The summed E-state index contributed by atoms with van der Waals surface area (Å²) in [7, 11) is 0. The maximum atomic E-state index is 11.3. The molecule has 6 heteroatoms. The fraction of sp³-hybridized carbons (Fsp3) is 0.500.